The zero-order chi connectivity index (χ0) is 11.4. The number of aryl methyl sites for hydroxylation is 1. The fourth-order valence-electron chi connectivity index (χ4n) is 1.04. The van der Waals surface area contributed by atoms with Gasteiger partial charge in [-0.3, -0.25) is 4.79 Å². The van der Waals surface area contributed by atoms with Crippen molar-refractivity contribution in [2.24, 2.45) is 0 Å². The molecule has 0 bridgehead atoms. The molecule has 0 aliphatic rings. The summed E-state index contributed by atoms with van der Waals surface area (Å²) in [6.07, 6.45) is 2.28. The highest BCUT2D eigenvalue weighted by Gasteiger charge is 2.18. The Balaban J connectivity index is 2.88. The molecule has 0 saturated heterocycles. The highest BCUT2D eigenvalue weighted by molar-refractivity contribution is 9.10. The molecule has 1 heterocycles. The van der Waals surface area contributed by atoms with Gasteiger partial charge in [-0.05, 0) is 40.9 Å². The minimum Gasteiger partial charge on any atom is -0.480 e. The molecule has 15 heavy (non-hydrogen) atoms. The van der Waals surface area contributed by atoms with E-state index in [1.54, 1.807) is 6.20 Å². The van der Waals surface area contributed by atoms with Gasteiger partial charge in [0.1, 0.15) is 10.3 Å². The number of pyridine rings is 1. The molecule has 1 aromatic rings. The first-order valence-electron chi connectivity index (χ1n) is 4.56. The molecule has 3 nitrogen and oxygen atoms in total. The molecule has 82 valence electrons. The van der Waals surface area contributed by atoms with Gasteiger partial charge in [0.05, 0.1) is 4.47 Å². The van der Waals surface area contributed by atoms with Gasteiger partial charge in [0.25, 0.3) is 0 Å². The summed E-state index contributed by atoms with van der Waals surface area (Å²) in [6.45, 7) is 3.81. The van der Waals surface area contributed by atoms with E-state index in [1.165, 1.54) is 11.8 Å². The third-order valence-electron chi connectivity index (χ3n) is 1.95. The summed E-state index contributed by atoms with van der Waals surface area (Å²) < 4.78 is 0.884. The van der Waals surface area contributed by atoms with Crippen molar-refractivity contribution in [3.05, 3.63) is 22.3 Å². The lowest BCUT2D eigenvalue weighted by atomic mass is 10.3. The van der Waals surface area contributed by atoms with E-state index < -0.39 is 11.2 Å². The van der Waals surface area contributed by atoms with E-state index in [0.717, 1.165) is 15.1 Å². The molecule has 0 aromatic carbocycles. The predicted molar refractivity (Wildman–Crippen MR) is 64.2 cm³/mol. The molecule has 0 saturated carbocycles. The van der Waals surface area contributed by atoms with Crippen LogP contribution in [-0.4, -0.2) is 21.3 Å². The molecular weight excluding hydrogens is 278 g/mol. The van der Waals surface area contributed by atoms with Crippen LogP contribution in [0.3, 0.4) is 0 Å². The first-order chi connectivity index (χ1) is 7.06. The first kappa shape index (κ1) is 12.5. The number of carboxylic acids is 1. The van der Waals surface area contributed by atoms with Crippen molar-refractivity contribution in [2.75, 3.05) is 0 Å². The summed E-state index contributed by atoms with van der Waals surface area (Å²) in [5.74, 6) is -0.794. The van der Waals surface area contributed by atoms with E-state index in [2.05, 4.69) is 20.9 Å². The Bertz CT molecular complexity index is 370. The third-order valence-corrected chi connectivity index (χ3v) is 4.57. The standard InChI is InChI=1S/C10H12BrNO2S/c1-3-7(10(13)14)15-9-8(11)6(2)4-5-12-9/h4-5,7H,3H2,1-2H3,(H,13,14). The number of rotatable bonds is 4. The number of carboxylic acid groups (broad SMARTS) is 1. The Morgan fingerprint density at radius 1 is 1.73 bits per heavy atom. The Kier molecular flexibility index (Phi) is 4.60. The highest BCUT2D eigenvalue weighted by Crippen LogP contribution is 2.31. The van der Waals surface area contributed by atoms with Crippen LogP contribution < -0.4 is 0 Å². The summed E-state index contributed by atoms with van der Waals surface area (Å²) in [6, 6.07) is 1.88. The van der Waals surface area contributed by atoms with Crippen LogP contribution in [0, 0.1) is 6.92 Å². The highest BCUT2D eigenvalue weighted by atomic mass is 79.9. The largest absolute Gasteiger partial charge is 0.480 e. The van der Waals surface area contributed by atoms with Gasteiger partial charge in [-0.2, -0.15) is 0 Å². The second-order valence-corrected chi connectivity index (χ2v) is 5.08. The first-order valence-corrected chi connectivity index (χ1v) is 6.24. The zero-order valence-electron chi connectivity index (χ0n) is 8.53. The van der Waals surface area contributed by atoms with E-state index in [9.17, 15) is 4.79 Å². The molecule has 1 atom stereocenters. The summed E-state index contributed by atoms with van der Waals surface area (Å²) in [5, 5.41) is 9.24. The summed E-state index contributed by atoms with van der Waals surface area (Å²) in [7, 11) is 0. The molecule has 1 aromatic heterocycles. The van der Waals surface area contributed by atoms with Gasteiger partial charge in [0.2, 0.25) is 0 Å². The molecule has 0 amide bonds. The molecule has 0 aliphatic heterocycles. The van der Waals surface area contributed by atoms with Crippen molar-refractivity contribution in [2.45, 2.75) is 30.5 Å². The second-order valence-electron chi connectivity index (χ2n) is 3.10. The number of hydrogen-bond acceptors (Lipinski definition) is 3. The van der Waals surface area contributed by atoms with E-state index in [-0.39, 0.29) is 0 Å². The Morgan fingerprint density at radius 3 is 2.93 bits per heavy atom. The van der Waals surface area contributed by atoms with Crippen LogP contribution in [0.1, 0.15) is 18.9 Å². The molecule has 1 unspecified atom stereocenters. The SMILES string of the molecule is CCC(Sc1nccc(C)c1Br)C(=O)O. The summed E-state index contributed by atoms with van der Waals surface area (Å²) in [4.78, 5) is 15.0. The molecule has 0 fully saturated rings. The van der Waals surface area contributed by atoms with Crippen LogP contribution >= 0.6 is 27.7 Å². The van der Waals surface area contributed by atoms with Crippen LogP contribution in [0.15, 0.2) is 21.8 Å². The van der Waals surface area contributed by atoms with Gasteiger partial charge in [0.15, 0.2) is 0 Å². The number of carbonyl (C=O) groups is 1. The average Bonchev–Trinajstić information content (AvgIpc) is 2.19. The fraction of sp³-hybridized carbons (Fsp3) is 0.400. The molecule has 0 aliphatic carbocycles. The van der Waals surface area contributed by atoms with E-state index in [1.807, 2.05) is 19.9 Å². The van der Waals surface area contributed by atoms with Crippen LogP contribution in [0.2, 0.25) is 0 Å². The molecule has 0 spiro atoms. The fourth-order valence-corrected chi connectivity index (χ4v) is 2.48. The lowest BCUT2D eigenvalue weighted by Gasteiger charge is -2.10. The normalized spacial score (nSPS) is 12.5. The molecule has 0 radical (unpaired) electrons. The Labute approximate surface area is 101 Å². The number of thioether (sulfide) groups is 1. The maximum Gasteiger partial charge on any atom is 0.317 e. The van der Waals surface area contributed by atoms with Crippen molar-refractivity contribution in [3.63, 3.8) is 0 Å². The van der Waals surface area contributed by atoms with Gasteiger partial charge in [-0.15, -0.1) is 0 Å². The number of aliphatic carboxylic acids is 1. The quantitative estimate of drug-likeness (QED) is 0.866. The minimum atomic E-state index is -0.794. The lowest BCUT2D eigenvalue weighted by molar-refractivity contribution is -0.136. The summed E-state index contributed by atoms with van der Waals surface area (Å²) in [5.41, 5.74) is 1.06. The van der Waals surface area contributed by atoms with Gasteiger partial charge in [-0.1, -0.05) is 18.7 Å². The zero-order valence-corrected chi connectivity index (χ0v) is 10.9. The second kappa shape index (κ2) is 5.51. The monoisotopic (exact) mass is 289 g/mol. The van der Waals surface area contributed by atoms with Crippen LogP contribution in [0.5, 0.6) is 0 Å². The van der Waals surface area contributed by atoms with E-state index >= 15 is 0 Å². The number of nitrogens with zero attached hydrogens (tertiary/aromatic N) is 1. The topological polar surface area (TPSA) is 50.2 Å². The maximum atomic E-state index is 10.9. The smallest absolute Gasteiger partial charge is 0.317 e. The lowest BCUT2D eigenvalue weighted by Crippen LogP contribution is -2.15. The molecule has 1 N–H and O–H groups in total. The Hall–Kier alpha value is -0.550. The van der Waals surface area contributed by atoms with Crippen molar-refractivity contribution < 1.29 is 9.90 Å². The van der Waals surface area contributed by atoms with Crippen molar-refractivity contribution in [1.29, 1.82) is 0 Å². The molecular formula is C10H12BrNO2S. The van der Waals surface area contributed by atoms with Gasteiger partial charge >= 0.3 is 5.97 Å². The van der Waals surface area contributed by atoms with Gasteiger partial charge < -0.3 is 5.11 Å². The van der Waals surface area contributed by atoms with Crippen molar-refractivity contribution in [1.82, 2.24) is 4.98 Å². The third kappa shape index (κ3) is 3.21. The van der Waals surface area contributed by atoms with Gasteiger partial charge in [0, 0.05) is 6.20 Å². The predicted octanol–water partition coefficient (Wildman–Crippen LogP) is 3.11. The average molecular weight is 290 g/mol. The number of hydrogen-bond donors (Lipinski definition) is 1. The molecule has 5 heteroatoms. The van der Waals surface area contributed by atoms with Crippen molar-refractivity contribution in [3.8, 4) is 0 Å². The van der Waals surface area contributed by atoms with Crippen LogP contribution in [-0.2, 0) is 4.79 Å². The van der Waals surface area contributed by atoms with Crippen molar-refractivity contribution >= 4 is 33.7 Å². The number of aromatic nitrogens is 1. The van der Waals surface area contributed by atoms with Crippen LogP contribution in [0.4, 0.5) is 0 Å². The molecule has 1 rings (SSSR count). The minimum absolute atomic E-state index is 0.435. The Morgan fingerprint density at radius 2 is 2.40 bits per heavy atom. The summed E-state index contributed by atoms with van der Waals surface area (Å²) >= 11 is 4.69. The van der Waals surface area contributed by atoms with E-state index in [4.69, 9.17) is 5.11 Å². The van der Waals surface area contributed by atoms with Gasteiger partial charge in [-0.25, -0.2) is 4.98 Å². The van der Waals surface area contributed by atoms with Crippen LogP contribution in [0.25, 0.3) is 0 Å². The number of halogens is 1. The van der Waals surface area contributed by atoms with E-state index in [0.29, 0.717) is 6.42 Å². The maximum absolute atomic E-state index is 10.9.